The molecule has 0 saturated carbocycles. The normalized spacial score (nSPS) is 14.4. The van der Waals surface area contributed by atoms with Gasteiger partial charge in [-0.15, -0.1) is 0 Å². The second-order valence-corrected chi connectivity index (χ2v) is 12.7. The van der Waals surface area contributed by atoms with Crippen molar-refractivity contribution >= 4 is 56.6 Å². The highest BCUT2D eigenvalue weighted by atomic mass is 79.9. The van der Waals surface area contributed by atoms with E-state index < -0.39 is 17.8 Å². The molecule has 0 N–H and O–H groups in total. The van der Waals surface area contributed by atoms with Crippen molar-refractivity contribution in [3.63, 3.8) is 0 Å². The van der Waals surface area contributed by atoms with Crippen molar-refractivity contribution in [2.24, 2.45) is 4.99 Å². The van der Waals surface area contributed by atoms with Crippen molar-refractivity contribution in [1.82, 2.24) is 4.57 Å². The topological polar surface area (TPSA) is 79.1 Å². The Morgan fingerprint density at radius 3 is 2.47 bits per heavy atom. The molecule has 0 saturated heterocycles. The molecule has 1 aliphatic heterocycles. The minimum Gasteiger partial charge on any atom is -0.493 e. The summed E-state index contributed by atoms with van der Waals surface area (Å²) in [6, 6.07) is 25.0. The molecule has 0 aliphatic carbocycles. The van der Waals surface area contributed by atoms with Crippen LogP contribution in [0.2, 0.25) is 5.02 Å². The second kappa shape index (κ2) is 14.1. The number of esters is 1. The smallest absolute Gasteiger partial charge is 0.338 e. The fraction of sp³-hybridized carbons (Fsp3) is 0.139. The minimum atomic E-state index is -0.909. The highest BCUT2D eigenvalue weighted by Crippen LogP contribution is 2.38. The van der Waals surface area contributed by atoms with Gasteiger partial charge in [-0.2, -0.15) is 0 Å². The highest BCUT2D eigenvalue weighted by molar-refractivity contribution is 9.10. The van der Waals surface area contributed by atoms with E-state index in [0.717, 1.165) is 5.56 Å². The fourth-order valence-corrected chi connectivity index (χ4v) is 6.95. The van der Waals surface area contributed by atoms with Crippen molar-refractivity contribution < 1.29 is 23.4 Å². The fourth-order valence-electron chi connectivity index (χ4n) is 5.25. The molecule has 0 unspecified atom stereocenters. The number of ether oxygens (including phenoxy) is 3. The number of fused-ring (bicyclic) bond motifs is 1. The molecule has 0 fully saturated rings. The number of hydrogen-bond donors (Lipinski definition) is 0. The third kappa shape index (κ3) is 6.81. The Morgan fingerprint density at radius 2 is 1.79 bits per heavy atom. The lowest BCUT2D eigenvalue weighted by Gasteiger charge is -2.25. The van der Waals surface area contributed by atoms with E-state index in [2.05, 4.69) is 15.9 Å². The van der Waals surface area contributed by atoms with Crippen molar-refractivity contribution in [3.05, 3.63) is 154 Å². The Labute approximate surface area is 287 Å². The molecule has 0 spiro atoms. The van der Waals surface area contributed by atoms with Crippen LogP contribution < -0.4 is 24.4 Å². The van der Waals surface area contributed by atoms with Gasteiger partial charge in [-0.25, -0.2) is 14.2 Å². The lowest BCUT2D eigenvalue weighted by atomic mass is 9.93. The van der Waals surface area contributed by atoms with Crippen LogP contribution in [-0.4, -0.2) is 24.3 Å². The van der Waals surface area contributed by atoms with Crippen molar-refractivity contribution in [2.45, 2.75) is 19.6 Å². The minimum absolute atomic E-state index is 0.126. The number of rotatable bonds is 9. The Morgan fingerprint density at radius 1 is 1.06 bits per heavy atom. The number of nitrogens with zero attached hydrogens (tertiary/aromatic N) is 2. The summed E-state index contributed by atoms with van der Waals surface area (Å²) in [5, 5.41) is 0.638. The third-order valence-corrected chi connectivity index (χ3v) is 9.23. The van der Waals surface area contributed by atoms with Gasteiger partial charge >= 0.3 is 5.97 Å². The van der Waals surface area contributed by atoms with Gasteiger partial charge in [0.25, 0.3) is 5.56 Å². The molecule has 11 heteroatoms. The predicted octanol–water partition coefficient (Wildman–Crippen LogP) is 7.08. The van der Waals surface area contributed by atoms with Crippen molar-refractivity contribution in [1.29, 1.82) is 0 Å². The molecule has 0 bridgehead atoms. The molecule has 1 atom stereocenters. The first kappa shape index (κ1) is 32.4. The lowest BCUT2D eigenvalue weighted by molar-refractivity contribution is -0.138. The first-order valence-electron chi connectivity index (χ1n) is 14.6. The molecular weight excluding hydrogens is 707 g/mol. The van der Waals surface area contributed by atoms with Crippen LogP contribution in [0.25, 0.3) is 11.8 Å². The molecule has 5 aromatic rings. The Bertz CT molecular complexity index is 2160. The van der Waals surface area contributed by atoms with E-state index in [1.807, 2.05) is 48.5 Å². The van der Waals surface area contributed by atoms with Gasteiger partial charge in [0.2, 0.25) is 0 Å². The maximum absolute atomic E-state index is 14.2. The van der Waals surface area contributed by atoms with Gasteiger partial charge in [-0.1, -0.05) is 77.5 Å². The van der Waals surface area contributed by atoms with Gasteiger partial charge in [0.05, 0.1) is 40.0 Å². The van der Waals surface area contributed by atoms with Gasteiger partial charge in [0.1, 0.15) is 12.4 Å². The van der Waals surface area contributed by atoms with Crippen LogP contribution in [0.3, 0.4) is 0 Å². The van der Waals surface area contributed by atoms with E-state index in [4.69, 9.17) is 30.8 Å². The zero-order valence-electron chi connectivity index (χ0n) is 25.2. The number of thiazole rings is 1. The number of aromatic nitrogens is 1. The largest absolute Gasteiger partial charge is 0.493 e. The van der Waals surface area contributed by atoms with E-state index in [-0.39, 0.29) is 17.7 Å². The summed E-state index contributed by atoms with van der Waals surface area (Å²) >= 11 is 10.8. The van der Waals surface area contributed by atoms with Crippen LogP contribution in [0.1, 0.15) is 35.2 Å². The molecule has 0 amide bonds. The predicted molar refractivity (Wildman–Crippen MR) is 184 cm³/mol. The van der Waals surface area contributed by atoms with E-state index >= 15 is 0 Å². The summed E-state index contributed by atoms with van der Waals surface area (Å²) in [4.78, 5) is 33.0. The maximum Gasteiger partial charge on any atom is 0.338 e. The van der Waals surface area contributed by atoms with E-state index in [1.54, 1.807) is 50.4 Å². The summed E-state index contributed by atoms with van der Waals surface area (Å²) in [5.41, 5.74) is 3.04. The molecule has 47 heavy (non-hydrogen) atoms. The number of carbonyl (C=O) groups excluding carboxylic acids is 1. The van der Waals surface area contributed by atoms with Crippen LogP contribution in [0.4, 0.5) is 4.39 Å². The quantitative estimate of drug-likeness (QED) is 0.152. The van der Waals surface area contributed by atoms with Crippen LogP contribution >= 0.6 is 38.9 Å². The Hall–Kier alpha value is -4.51. The monoisotopic (exact) mass is 732 g/mol. The molecule has 7 nitrogen and oxygen atoms in total. The summed E-state index contributed by atoms with van der Waals surface area (Å²) in [6.07, 6.45) is 1.73. The average Bonchev–Trinajstić information content (AvgIpc) is 3.38. The highest BCUT2D eigenvalue weighted by Gasteiger charge is 2.35. The molecule has 1 aromatic heterocycles. The molecule has 2 heterocycles. The number of benzene rings is 4. The van der Waals surface area contributed by atoms with Gasteiger partial charge in [0, 0.05) is 10.6 Å². The van der Waals surface area contributed by atoms with Gasteiger partial charge < -0.3 is 14.2 Å². The number of halogens is 3. The SMILES string of the molecule is CCOC(=O)C1=C(c2ccccc2)N=c2s/c(=C\c3cc(Br)c(OCc4ccc(Cl)cc4)c(OC)c3)c(=O)n2[C@H]1c1ccc(F)cc1. The Balaban J connectivity index is 1.48. The van der Waals surface area contributed by atoms with Gasteiger partial charge in [-0.05, 0) is 82.0 Å². The third-order valence-electron chi connectivity index (χ3n) is 7.41. The van der Waals surface area contributed by atoms with Crippen molar-refractivity contribution in [2.75, 3.05) is 13.7 Å². The molecule has 1 aliphatic rings. The molecule has 4 aromatic carbocycles. The lowest BCUT2D eigenvalue weighted by Crippen LogP contribution is -2.40. The summed E-state index contributed by atoms with van der Waals surface area (Å²) in [6.45, 7) is 2.13. The number of carbonyl (C=O) groups is 1. The summed E-state index contributed by atoms with van der Waals surface area (Å²) in [5.74, 6) is -0.0794. The Kier molecular flexibility index (Phi) is 9.72. The van der Waals surface area contributed by atoms with E-state index in [1.165, 1.54) is 28.0 Å². The maximum atomic E-state index is 14.2. The van der Waals surface area contributed by atoms with Crippen molar-refractivity contribution in [3.8, 4) is 11.5 Å². The van der Waals surface area contributed by atoms with Gasteiger partial charge in [-0.3, -0.25) is 9.36 Å². The molecule has 0 radical (unpaired) electrons. The van der Waals surface area contributed by atoms with Crippen LogP contribution in [0.15, 0.2) is 111 Å². The van der Waals surface area contributed by atoms with Crippen LogP contribution in [0.5, 0.6) is 11.5 Å². The van der Waals surface area contributed by atoms with Crippen LogP contribution in [-0.2, 0) is 16.1 Å². The molecular formula is C36H27BrClFN2O5S. The first-order chi connectivity index (χ1) is 22.8. The molecule has 238 valence electrons. The first-order valence-corrected chi connectivity index (χ1v) is 16.5. The second-order valence-electron chi connectivity index (χ2n) is 10.4. The zero-order valence-corrected chi connectivity index (χ0v) is 28.4. The number of hydrogen-bond acceptors (Lipinski definition) is 7. The van der Waals surface area contributed by atoms with E-state index in [0.29, 0.717) is 59.3 Å². The summed E-state index contributed by atoms with van der Waals surface area (Å²) in [7, 11) is 1.54. The number of methoxy groups -OCH3 is 1. The average molecular weight is 734 g/mol. The van der Waals surface area contributed by atoms with Crippen LogP contribution in [0, 0.1) is 5.82 Å². The summed E-state index contributed by atoms with van der Waals surface area (Å²) < 4.78 is 33.7. The zero-order chi connectivity index (χ0) is 33.1. The van der Waals surface area contributed by atoms with E-state index in [9.17, 15) is 14.0 Å². The van der Waals surface area contributed by atoms with Gasteiger partial charge in [0.15, 0.2) is 16.3 Å². The standard InChI is InChI=1S/C36H27BrClFN2O5S/c1-3-45-35(43)30-31(23-7-5-4-6-8-23)40-36-41(32(30)24-11-15-26(39)16-12-24)34(42)29(47-36)19-22-17-27(37)33(28(18-22)44-2)46-20-21-9-13-25(38)14-10-21/h4-19,32H,3,20H2,1-2H3/b29-19-/t32-/m0/s1. The molecule has 6 rings (SSSR count).